The number of nitrogens with one attached hydrogen (secondary N) is 2. The summed E-state index contributed by atoms with van der Waals surface area (Å²) in [5.74, 6) is 6.31. The van der Waals surface area contributed by atoms with Crippen molar-refractivity contribution in [2.45, 2.75) is 77.0 Å². The van der Waals surface area contributed by atoms with Gasteiger partial charge in [-0.2, -0.15) is 4.98 Å². The van der Waals surface area contributed by atoms with E-state index >= 15 is 0 Å². The molecular formula is C20H27ClN4O3. The molecule has 8 heteroatoms. The van der Waals surface area contributed by atoms with Crippen LogP contribution >= 0.6 is 11.6 Å². The molecule has 2 N–H and O–H groups in total. The van der Waals surface area contributed by atoms with Gasteiger partial charge < -0.3 is 20.2 Å². The van der Waals surface area contributed by atoms with Crippen LogP contribution < -0.4 is 10.6 Å². The van der Waals surface area contributed by atoms with Crippen LogP contribution in [0.4, 0.5) is 10.6 Å². The summed E-state index contributed by atoms with van der Waals surface area (Å²) in [5.41, 5.74) is -0.733. The number of amides is 1. The average Bonchev–Trinajstić information content (AvgIpc) is 2.60. The van der Waals surface area contributed by atoms with Gasteiger partial charge >= 0.3 is 6.09 Å². The minimum absolute atomic E-state index is 0.0739. The summed E-state index contributed by atoms with van der Waals surface area (Å²) in [4.78, 5) is 31.8. The smallest absolute Gasteiger partial charge is 0.408 e. The Morgan fingerprint density at radius 1 is 1.36 bits per heavy atom. The summed E-state index contributed by atoms with van der Waals surface area (Å²) in [5, 5.41) is 5.96. The van der Waals surface area contributed by atoms with Crippen molar-refractivity contribution in [3.8, 4) is 11.8 Å². The van der Waals surface area contributed by atoms with E-state index in [4.69, 9.17) is 16.3 Å². The van der Waals surface area contributed by atoms with Crippen molar-refractivity contribution < 1.29 is 14.3 Å². The van der Waals surface area contributed by atoms with Gasteiger partial charge in [-0.15, -0.1) is 0 Å². The van der Waals surface area contributed by atoms with E-state index in [1.165, 1.54) is 6.20 Å². The lowest BCUT2D eigenvalue weighted by molar-refractivity contribution is -0.112. The van der Waals surface area contributed by atoms with E-state index in [2.05, 4.69) is 32.4 Å². The summed E-state index contributed by atoms with van der Waals surface area (Å²) < 4.78 is 5.22. The molecule has 0 saturated heterocycles. The number of halogens is 1. The van der Waals surface area contributed by atoms with Crippen molar-refractivity contribution in [3.05, 3.63) is 17.0 Å². The first-order valence-electron chi connectivity index (χ1n) is 9.41. The molecule has 1 aromatic heterocycles. The molecule has 152 valence electrons. The molecular weight excluding hydrogens is 380 g/mol. The third-order valence-electron chi connectivity index (χ3n) is 4.25. The van der Waals surface area contributed by atoms with Crippen LogP contribution in [0.3, 0.4) is 0 Å². The molecule has 1 atom stereocenters. The van der Waals surface area contributed by atoms with Crippen LogP contribution in [0, 0.1) is 11.8 Å². The quantitative estimate of drug-likeness (QED) is 0.449. The Hall–Kier alpha value is -2.33. The van der Waals surface area contributed by atoms with Crippen molar-refractivity contribution in [1.29, 1.82) is 0 Å². The Kier molecular flexibility index (Phi) is 7.25. The topological polar surface area (TPSA) is 93.2 Å². The molecule has 1 fully saturated rings. The third-order valence-corrected chi connectivity index (χ3v) is 4.44. The lowest BCUT2D eigenvalue weighted by Crippen LogP contribution is -2.42. The molecule has 0 aliphatic heterocycles. The zero-order valence-corrected chi connectivity index (χ0v) is 17.5. The summed E-state index contributed by atoms with van der Waals surface area (Å²) in [6.45, 7) is 7.12. The van der Waals surface area contributed by atoms with Gasteiger partial charge in [-0.3, -0.25) is 0 Å². The van der Waals surface area contributed by atoms with Gasteiger partial charge in [0.2, 0.25) is 5.28 Å². The molecule has 1 aliphatic carbocycles. The highest BCUT2D eigenvalue weighted by molar-refractivity contribution is 6.28. The lowest BCUT2D eigenvalue weighted by Gasteiger charge is -2.33. The van der Waals surface area contributed by atoms with Crippen LogP contribution in [-0.4, -0.2) is 39.5 Å². The van der Waals surface area contributed by atoms with E-state index in [9.17, 15) is 9.59 Å². The predicted molar refractivity (Wildman–Crippen MR) is 108 cm³/mol. The van der Waals surface area contributed by atoms with Gasteiger partial charge in [0.25, 0.3) is 0 Å². The molecule has 1 amide bonds. The second-order valence-electron chi connectivity index (χ2n) is 8.00. The molecule has 0 spiro atoms. The number of anilines is 1. The van der Waals surface area contributed by atoms with E-state index in [0.717, 1.165) is 38.4 Å². The molecule has 1 saturated carbocycles. The first-order chi connectivity index (χ1) is 13.1. The van der Waals surface area contributed by atoms with Crippen LogP contribution in [-0.2, 0) is 9.53 Å². The standard InChI is InChI=1S/C20H27ClN4O3/c1-14(23-18(27)28-19(2,3)4)8-9-15-12-22-17(21)24-16(15)25-20(13-26)10-6-5-7-11-20/h12-14H,5-7,10-11H2,1-4H3,(H,23,27)(H,22,24,25). The van der Waals surface area contributed by atoms with E-state index in [0.29, 0.717) is 11.4 Å². The van der Waals surface area contributed by atoms with E-state index in [1.807, 2.05) is 0 Å². The molecule has 7 nitrogen and oxygen atoms in total. The summed E-state index contributed by atoms with van der Waals surface area (Å²) in [7, 11) is 0. The van der Waals surface area contributed by atoms with Crippen LogP contribution in [0.5, 0.6) is 0 Å². The zero-order valence-electron chi connectivity index (χ0n) is 16.8. The van der Waals surface area contributed by atoms with Crippen molar-refractivity contribution in [2.75, 3.05) is 5.32 Å². The van der Waals surface area contributed by atoms with Gasteiger partial charge in [0, 0.05) is 6.20 Å². The minimum Gasteiger partial charge on any atom is -0.444 e. The molecule has 2 rings (SSSR count). The summed E-state index contributed by atoms with van der Waals surface area (Å²) >= 11 is 5.94. The number of carbonyl (C=O) groups excluding carboxylic acids is 2. The van der Waals surface area contributed by atoms with E-state index in [1.54, 1.807) is 27.7 Å². The normalized spacial score (nSPS) is 16.9. The van der Waals surface area contributed by atoms with Crippen molar-refractivity contribution >= 4 is 29.8 Å². The molecule has 28 heavy (non-hydrogen) atoms. The van der Waals surface area contributed by atoms with Gasteiger partial charge in [-0.1, -0.05) is 31.1 Å². The number of rotatable bonds is 4. The van der Waals surface area contributed by atoms with Crippen LogP contribution in [0.1, 0.15) is 65.4 Å². The van der Waals surface area contributed by atoms with Gasteiger partial charge in [0.15, 0.2) is 0 Å². The molecule has 1 unspecified atom stereocenters. The van der Waals surface area contributed by atoms with Crippen molar-refractivity contribution in [1.82, 2.24) is 15.3 Å². The van der Waals surface area contributed by atoms with Crippen molar-refractivity contribution in [3.63, 3.8) is 0 Å². The van der Waals surface area contributed by atoms with E-state index in [-0.39, 0.29) is 5.28 Å². The maximum Gasteiger partial charge on any atom is 0.408 e. The maximum atomic E-state index is 11.8. The van der Waals surface area contributed by atoms with Crippen LogP contribution in [0.15, 0.2) is 6.20 Å². The SMILES string of the molecule is CC(C#Cc1cnc(Cl)nc1NC1(C=O)CCCCC1)NC(=O)OC(C)(C)C. The van der Waals surface area contributed by atoms with Crippen LogP contribution in [0.25, 0.3) is 0 Å². The van der Waals surface area contributed by atoms with Gasteiger partial charge in [-0.05, 0) is 52.1 Å². The second kappa shape index (κ2) is 9.24. The number of hydrogen-bond donors (Lipinski definition) is 2. The number of hydrogen-bond acceptors (Lipinski definition) is 6. The fourth-order valence-corrected chi connectivity index (χ4v) is 3.08. The second-order valence-corrected chi connectivity index (χ2v) is 8.34. The van der Waals surface area contributed by atoms with Gasteiger partial charge in [0.1, 0.15) is 17.7 Å². The van der Waals surface area contributed by atoms with Gasteiger partial charge in [0.05, 0.1) is 17.1 Å². The largest absolute Gasteiger partial charge is 0.444 e. The zero-order chi connectivity index (χ0) is 20.8. The Balaban J connectivity index is 2.15. The highest BCUT2D eigenvalue weighted by atomic mass is 35.5. The predicted octanol–water partition coefficient (Wildman–Crippen LogP) is 3.71. The fourth-order valence-electron chi connectivity index (χ4n) is 2.94. The number of ether oxygens (including phenoxy) is 1. The number of alkyl carbamates (subject to hydrolysis) is 1. The molecule has 0 bridgehead atoms. The molecule has 1 heterocycles. The van der Waals surface area contributed by atoms with Crippen LogP contribution in [0.2, 0.25) is 5.28 Å². The Morgan fingerprint density at radius 3 is 2.64 bits per heavy atom. The van der Waals surface area contributed by atoms with E-state index < -0.39 is 23.3 Å². The maximum absolute atomic E-state index is 11.8. The Morgan fingerprint density at radius 2 is 2.04 bits per heavy atom. The molecule has 1 aliphatic rings. The molecule has 0 aromatic carbocycles. The Bertz CT molecular complexity index is 774. The first kappa shape index (κ1) is 22.0. The fraction of sp³-hybridized carbons (Fsp3) is 0.600. The molecule has 0 radical (unpaired) electrons. The first-order valence-corrected chi connectivity index (χ1v) is 9.78. The summed E-state index contributed by atoms with van der Waals surface area (Å²) in [6, 6.07) is -0.451. The number of aldehydes is 1. The minimum atomic E-state index is -0.660. The Labute approximate surface area is 171 Å². The van der Waals surface area contributed by atoms with Crippen molar-refractivity contribution in [2.24, 2.45) is 0 Å². The monoisotopic (exact) mass is 406 g/mol. The van der Waals surface area contributed by atoms with Gasteiger partial charge in [-0.25, -0.2) is 9.78 Å². The molecule has 1 aromatic rings. The highest BCUT2D eigenvalue weighted by Crippen LogP contribution is 2.30. The number of nitrogens with zero attached hydrogens (tertiary/aromatic N) is 2. The average molecular weight is 407 g/mol. The third kappa shape index (κ3) is 6.68. The highest BCUT2D eigenvalue weighted by Gasteiger charge is 2.32. The number of aromatic nitrogens is 2. The lowest BCUT2D eigenvalue weighted by atomic mass is 9.83. The number of carbonyl (C=O) groups is 2. The summed E-state index contributed by atoms with van der Waals surface area (Å²) in [6.07, 6.45) is 6.45.